The molecule has 2 nitrogen and oxygen atoms in total. The summed E-state index contributed by atoms with van der Waals surface area (Å²) in [6.45, 7) is 6.94. The van der Waals surface area contributed by atoms with E-state index >= 15 is 0 Å². The van der Waals surface area contributed by atoms with Gasteiger partial charge in [-0.1, -0.05) is 30.9 Å². The van der Waals surface area contributed by atoms with Crippen LogP contribution in [0.4, 0.5) is 0 Å². The number of benzene rings is 1. The van der Waals surface area contributed by atoms with E-state index < -0.39 is 0 Å². The van der Waals surface area contributed by atoms with Crippen LogP contribution in [0.3, 0.4) is 0 Å². The molecule has 0 aliphatic carbocycles. The van der Waals surface area contributed by atoms with E-state index in [9.17, 15) is 0 Å². The molecule has 0 radical (unpaired) electrons. The molecule has 1 aliphatic rings. The predicted molar refractivity (Wildman–Crippen MR) is 74.3 cm³/mol. The number of unbranched alkanes of at least 4 members (excludes halogenated alkanes) is 1. The summed E-state index contributed by atoms with van der Waals surface area (Å²) in [7, 11) is 0. The summed E-state index contributed by atoms with van der Waals surface area (Å²) in [6, 6.07) is 8.58. The summed E-state index contributed by atoms with van der Waals surface area (Å²) in [5.41, 5.74) is 2.48. The standard InChI is InChI=1S/C16H21NO/c1-2-3-4-6-15-7-5-8-16(13-15)14-17-9-11-18-12-10-17/h5,7-8,13H,2-3,9-12,14H2,1H3. The highest BCUT2D eigenvalue weighted by Crippen LogP contribution is 2.09. The molecule has 1 aromatic carbocycles. The summed E-state index contributed by atoms with van der Waals surface area (Å²) in [5.74, 6) is 6.43. The van der Waals surface area contributed by atoms with Crippen molar-refractivity contribution in [2.75, 3.05) is 26.3 Å². The van der Waals surface area contributed by atoms with Gasteiger partial charge in [-0.2, -0.15) is 0 Å². The van der Waals surface area contributed by atoms with Gasteiger partial charge in [0.25, 0.3) is 0 Å². The van der Waals surface area contributed by atoms with Crippen molar-refractivity contribution in [2.45, 2.75) is 26.3 Å². The fourth-order valence-electron chi connectivity index (χ4n) is 2.05. The van der Waals surface area contributed by atoms with Crippen molar-refractivity contribution in [3.8, 4) is 11.8 Å². The highest BCUT2D eigenvalue weighted by atomic mass is 16.5. The quantitative estimate of drug-likeness (QED) is 0.757. The Balaban J connectivity index is 1.96. The van der Waals surface area contributed by atoms with E-state index in [-0.39, 0.29) is 0 Å². The Morgan fingerprint density at radius 1 is 1.28 bits per heavy atom. The first-order chi connectivity index (χ1) is 8.88. The maximum atomic E-state index is 5.36. The zero-order chi connectivity index (χ0) is 12.6. The second-order valence-corrected chi connectivity index (χ2v) is 4.64. The summed E-state index contributed by atoms with van der Waals surface area (Å²) in [4.78, 5) is 2.43. The first-order valence-corrected chi connectivity index (χ1v) is 6.76. The van der Waals surface area contributed by atoms with Gasteiger partial charge < -0.3 is 4.74 Å². The number of morpholine rings is 1. The van der Waals surface area contributed by atoms with Gasteiger partial charge in [0.1, 0.15) is 0 Å². The molecule has 2 rings (SSSR count). The zero-order valence-electron chi connectivity index (χ0n) is 11.1. The van der Waals surface area contributed by atoms with Gasteiger partial charge in [0, 0.05) is 31.6 Å². The third-order valence-corrected chi connectivity index (χ3v) is 3.04. The fraction of sp³-hybridized carbons (Fsp3) is 0.500. The largest absolute Gasteiger partial charge is 0.379 e. The maximum Gasteiger partial charge on any atom is 0.0594 e. The molecule has 18 heavy (non-hydrogen) atoms. The molecule has 2 heteroatoms. The number of ether oxygens (including phenoxy) is 1. The average molecular weight is 243 g/mol. The summed E-state index contributed by atoms with van der Waals surface area (Å²) in [5, 5.41) is 0. The Labute approximate surface area is 110 Å². The van der Waals surface area contributed by atoms with Crippen molar-refractivity contribution in [3.63, 3.8) is 0 Å². The van der Waals surface area contributed by atoms with Crippen molar-refractivity contribution < 1.29 is 4.74 Å². The molecule has 96 valence electrons. The predicted octanol–water partition coefficient (Wildman–Crippen LogP) is 2.67. The van der Waals surface area contributed by atoms with Gasteiger partial charge in [0.15, 0.2) is 0 Å². The molecule has 0 saturated carbocycles. The lowest BCUT2D eigenvalue weighted by Crippen LogP contribution is -2.35. The topological polar surface area (TPSA) is 12.5 Å². The van der Waals surface area contributed by atoms with Gasteiger partial charge in [0.2, 0.25) is 0 Å². The van der Waals surface area contributed by atoms with Gasteiger partial charge in [-0.25, -0.2) is 0 Å². The maximum absolute atomic E-state index is 5.36. The van der Waals surface area contributed by atoms with Gasteiger partial charge in [-0.05, 0) is 24.1 Å². The van der Waals surface area contributed by atoms with E-state index in [1.165, 1.54) is 5.56 Å². The number of rotatable bonds is 3. The number of hydrogen-bond donors (Lipinski definition) is 0. The number of hydrogen-bond acceptors (Lipinski definition) is 2. The molecule has 0 atom stereocenters. The molecule has 0 bridgehead atoms. The third kappa shape index (κ3) is 4.18. The van der Waals surface area contributed by atoms with Crippen LogP contribution in [-0.2, 0) is 11.3 Å². The van der Waals surface area contributed by atoms with Crippen molar-refractivity contribution in [1.82, 2.24) is 4.90 Å². The summed E-state index contributed by atoms with van der Waals surface area (Å²) >= 11 is 0. The highest BCUT2D eigenvalue weighted by molar-refractivity contribution is 5.37. The molecule has 0 spiro atoms. The minimum atomic E-state index is 0.857. The zero-order valence-corrected chi connectivity index (χ0v) is 11.1. The Kier molecular flexibility index (Phi) is 5.26. The van der Waals surface area contributed by atoms with Crippen molar-refractivity contribution in [1.29, 1.82) is 0 Å². The summed E-state index contributed by atoms with van der Waals surface area (Å²) < 4.78 is 5.36. The molecule has 0 amide bonds. The van der Waals surface area contributed by atoms with E-state index in [4.69, 9.17) is 4.74 Å². The molecule has 1 aromatic rings. The van der Waals surface area contributed by atoms with E-state index in [0.717, 1.165) is 51.3 Å². The molecule has 0 N–H and O–H groups in total. The highest BCUT2D eigenvalue weighted by Gasteiger charge is 2.10. The lowest BCUT2D eigenvalue weighted by molar-refractivity contribution is 0.0342. The second kappa shape index (κ2) is 7.20. The van der Waals surface area contributed by atoms with Crippen molar-refractivity contribution >= 4 is 0 Å². The van der Waals surface area contributed by atoms with Crippen molar-refractivity contribution in [2.24, 2.45) is 0 Å². The van der Waals surface area contributed by atoms with Gasteiger partial charge in [-0.3, -0.25) is 4.90 Å². The molecule has 0 aromatic heterocycles. The third-order valence-electron chi connectivity index (χ3n) is 3.04. The Bertz CT molecular complexity index is 424. The Morgan fingerprint density at radius 2 is 2.11 bits per heavy atom. The van der Waals surface area contributed by atoms with Crippen LogP contribution >= 0.6 is 0 Å². The van der Waals surface area contributed by atoms with Crippen molar-refractivity contribution in [3.05, 3.63) is 35.4 Å². The minimum Gasteiger partial charge on any atom is -0.379 e. The molecule has 0 unspecified atom stereocenters. The molecule has 1 aliphatic heterocycles. The van der Waals surface area contributed by atoms with Crippen LogP contribution in [0, 0.1) is 11.8 Å². The van der Waals surface area contributed by atoms with Crippen LogP contribution < -0.4 is 0 Å². The molecular formula is C16H21NO. The van der Waals surface area contributed by atoms with E-state index in [1.807, 2.05) is 0 Å². The summed E-state index contributed by atoms with van der Waals surface area (Å²) in [6.07, 6.45) is 2.11. The first-order valence-electron chi connectivity index (χ1n) is 6.76. The average Bonchev–Trinajstić information content (AvgIpc) is 2.41. The van der Waals surface area contributed by atoms with Crippen LogP contribution in [0.25, 0.3) is 0 Å². The monoisotopic (exact) mass is 243 g/mol. The fourth-order valence-corrected chi connectivity index (χ4v) is 2.05. The Hall–Kier alpha value is -1.30. The molecule has 1 fully saturated rings. The SMILES string of the molecule is CCCC#Cc1cccc(CN2CCOCC2)c1. The van der Waals surface area contributed by atoms with Crippen LogP contribution in [0.15, 0.2) is 24.3 Å². The van der Waals surface area contributed by atoms with Gasteiger partial charge in [-0.15, -0.1) is 0 Å². The molecular weight excluding hydrogens is 222 g/mol. The van der Waals surface area contributed by atoms with E-state index in [0.29, 0.717) is 0 Å². The van der Waals surface area contributed by atoms with Gasteiger partial charge >= 0.3 is 0 Å². The lowest BCUT2D eigenvalue weighted by atomic mass is 10.1. The normalized spacial score (nSPS) is 16.1. The first kappa shape index (κ1) is 13.1. The molecule has 1 saturated heterocycles. The smallest absolute Gasteiger partial charge is 0.0594 e. The number of nitrogens with zero attached hydrogens (tertiary/aromatic N) is 1. The Morgan fingerprint density at radius 3 is 2.89 bits per heavy atom. The molecule has 1 heterocycles. The van der Waals surface area contributed by atoms with Crippen LogP contribution in [0.1, 0.15) is 30.9 Å². The second-order valence-electron chi connectivity index (χ2n) is 4.64. The lowest BCUT2D eigenvalue weighted by Gasteiger charge is -2.26. The van der Waals surface area contributed by atoms with E-state index in [1.54, 1.807) is 0 Å². The van der Waals surface area contributed by atoms with Crippen LogP contribution in [0.2, 0.25) is 0 Å². The van der Waals surface area contributed by atoms with Crippen LogP contribution in [0.5, 0.6) is 0 Å². The van der Waals surface area contributed by atoms with Crippen LogP contribution in [-0.4, -0.2) is 31.2 Å². The van der Waals surface area contributed by atoms with Gasteiger partial charge in [0.05, 0.1) is 13.2 Å². The minimum absolute atomic E-state index is 0.857. The van der Waals surface area contributed by atoms with E-state index in [2.05, 4.69) is 47.9 Å².